The number of carbonyl (C=O) groups excluding carboxylic acids is 1. The molecule has 7 heteroatoms. The van der Waals surface area contributed by atoms with E-state index in [1.165, 1.54) is 18.2 Å². The second-order valence-corrected chi connectivity index (χ2v) is 6.55. The number of likely N-dealkylation sites (tertiary alicyclic amines) is 1. The summed E-state index contributed by atoms with van der Waals surface area (Å²) in [6, 6.07) is 10.5. The van der Waals surface area contributed by atoms with Gasteiger partial charge in [-0.15, -0.1) is 0 Å². The predicted octanol–water partition coefficient (Wildman–Crippen LogP) is 2.57. The van der Waals surface area contributed by atoms with E-state index >= 15 is 0 Å². The molecule has 1 atom stereocenters. The third-order valence-corrected chi connectivity index (χ3v) is 4.82. The van der Waals surface area contributed by atoms with Gasteiger partial charge in [0, 0.05) is 26.2 Å². The van der Waals surface area contributed by atoms with Crippen molar-refractivity contribution in [3.05, 3.63) is 59.7 Å². The molecule has 1 N–H and O–H groups in total. The van der Waals surface area contributed by atoms with Crippen molar-refractivity contribution in [3.63, 3.8) is 0 Å². The fourth-order valence-electron chi connectivity index (χ4n) is 3.22. The maximum Gasteiger partial charge on any atom is 0.260 e. The Kier molecular flexibility index (Phi) is 5.91. The van der Waals surface area contributed by atoms with E-state index in [1.807, 2.05) is 0 Å². The minimum absolute atomic E-state index is 0.0511. The molecule has 0 aliphatic carbocycles. The van der Waals surface area contributed by atoms with Gasteiger partial charge in [-0.25, -0.2) is 8.78 Å². The average molecular weight is 376 g/mol. The summed E-state index contributed by atoms with van der Waals surface area (Å²) >= 11 is 0. The zero-order valence-electron chi connectivity index (χ0n) is 15.1. The number of para-hydroxylation sites is 1. The molecule has 1 unspecified atom stereocenters. The Labute approximate surface area is 156 Å². The summed E-state index contributed by atoms with van der Waals surface area (Å²) in [7, 11) is 1.64. The second kappa shape index (κ2) is 8.35. The van der Waals surface area contributed by atoms with E-state index in [2.05, 4.69) is 0 Å². The molecule has 0 radical (unpaired) electrons. The van der Waals surface area contributed by atoms with Gasteiger partial charge in [0.15, 0.2) is 6.61 Å². The van der Waals surface area contributed by atoms with Gasteiger partial charge in [-0.3, -0.25) is 4.79 Å². The monoisotopic (exact) mass is 376 g/mol. The Balaban J connectivity index is 1.56. The number of rotatable bonds is 6. The van der Waals surface area contributed by atoms with Gasteiger partial charge in [0.05, 0.1) is 6.61 Å². The van der Waals surface area contributed by atoms with Crippen LogP contribution in [0.25, 0.3) is 0 Å². The van der Waals surface area contributed by atoms with Crippen molar-refractivity contribution in [2.75, 3.05) is 31.6 Å². The number of hydrogen-bond donors (Lipinski definition) is 1. The molecule has 3 rings (SSSR count). The quantitative estimate of drug-likeness (QED) is 0.842. The molecule has 27 heavy (non-hydrogen) atoms. The molecule has 0 aromatic heterocycles. The van der Waals surface area contributed by atoms with Crippen molar-refractivity contribution in [2.45, 2.75) is 19.1 Å². The smallest absolute Gasteiger partial charge is 0.260 e. The molecule has 1 fully saturated rings. The first-order chi connectivity index (χ1) is 13.0. The molecule has 144 valence electrons. The third kappa shape index (κ3) is 4.36. The molecule has 0 spiro atoms. The Morgan fingerprint density at radius 1 is 1.22 bits per heavy atom. The van der Waals surface area contributed by atoms with Gasteiger partial charge < -0.3 is 19.6 Å². The standard InChI is InChI=1S/C20H22F2N2O3/c1-23(20-17(21)3-2-4-18(20)22)15-9-10-24(11-15)19(26)13-27-16-7-5-14(12-25)6-8-16/h2-8,15,25H,9-13H2,1H3. The van der Waals surface area contributed by atoms with Crippen LogP contribution in [-0.4, -0.2) is 48.7 Å². The van der Waals surface area contributed by atoms with Gasteiger partial charge in [0.2, 0.25) is 0 Å². The predicted molar refractivity (Wildman–Crippen MR) is 97.6 cm³/mol. The fourth-order valence-corrected chi connectivity index (χ4v) is 3.22. The number of carbonyl (C=O) groups is 1. The van der Waals surface area contributed by atoms with Crippen LogP contribution in [0.4, 0.5) is 14.5 Å². The molecule has 0 saturated carbocycles. The molecule has 5 nitrogen and oxygen atoms in total. The number of nitrogens with zero attached hydrogens (tertiary/aromatic N) is 2. The summed E-state index contributed by atoms with van der Waals surface area (Å²) in [6.45, 7) is 0.736. The van der Waals surface area contributed by atoms with Gasteiger partial charge in [0.1, 0.15) is 23.1 Å². The highest BCUT2D eigenvalue weighted by molar-refractivity contribution is 5.78. The summed E-state index contributed by atoms with van der Waals surface area (Å²) in [5.41, 5.74) is 0.691. The van der Waals surface area contributed by atoms with Gasteiger partial charge in [-0.05, 0) is 36.2 Å². The number of aliphatic hydroxyl groups is 1. The third-order valence-electron chi connectivity index (χ3n) is 4.82. The molecule has 1 saturated heterocycles. The van der Waals surface area contributed by atoms with Crippen molar-refractivity contribution in [3.8, 4) is 5.75 Å². The number of amides is 1. The van der Waals surface area contributed by atoms with E-state index in [1.54, 1.807) is 41.1 Å². The first-order valence-electron chi connectivity index (χ1n) is 8.77. The Bertz CT molecular complexity index is 778. The van der Waals surface area contributed by atoms with E-state index in [-0.39, 0.29) is 30.9 Å². The van der Waals surface area contributed by atoms with Gasteiger partial charge in [-0.1, -0.05) is 18.2 Å². The molecule has 1 amide bonds. The number of likely N-dealkylation sites (N-methyl/N-ethyl adjacent to an activating group) is 1. The van der Waals surface area contributed by atoms with Crippen LogP contribution < -0.4 is 9.64 Å². The van der Waals surface area contributed by atoms with Crippen LogP contribution in [0.2, 0.25) is 0 Å². The lowest BCUT2D eigenvalue weighted by Gasteiger charge is -2.27. The molecular formula is C20H22F2N2O3. The van der Waals surface area contributed by atoms with Crippen LogP contribution >= 0.6 is 0 Å². The Morgan fingerprint density at radius 3 is 2.52 bits per heavy atom. The minimum Gasteiger partial charge on any atom is -0.484 e. The maximum atomic E-state index is 14.0. The molecular weight excluding hydrogens is 354 g/mol. The van der Waals surface area contributed by atoms with Crippen molar-refractivity contribution in [2.24, 2.45) is 0 Å². The molecule has 1 aliphatic rings. The average Bonchev–Trinajstić information content (AvgIpc) is 3.16. The zero-order valence-corrected chi connectivity index (χ0v) is 15.1. The van der Waals surface area contributed by atoms with E-state index in [0.29, 0.717) is 25.3 Å². The van der Waals surface area contributed by atoms with Crippen LogP contribution in [0, 0.1) is 11.6 Å². The maximum absolute atomic E-state index is 14.0. The van der Waals surface area contributed by atoms with Gasteiger partial charge in [-0.2, -0.15) is 0 Å². The first-order valence-corrected chi connectivity index (χ1v) is 8.77. The highest BCUT2D eigenvalue weighted by Crippen LogP contribution is 2.27. The summed E-state index contributed by atoms with van der Waals surface area (Å²) < 4.78 is 33.4. The van der Waals surface area contributed by atoms with Crippen LogP contribution in [0.3, 0.4) is 0 Å². The lowest BCUT2D eigenvalue weighted by molar-refractivity contribution is -0.132. The van der Waals surface area contributed by atoms with Crippen LogP contribution in [0.1, 0.15) is 12.0 Å². The van der Waals surface area contributed by atoms with E-state index in [4.69, 9.17) is 9.84 Å². The van der Waals surface area contributed by atoms with E-state index in [0.717, 1.165) is 5.56 Å². The number of halogens is 2. The van der Waals surface area contributed by atoms with E-state index < -0.39 is 11.6 Å². The molecule has 0 bridgehead atoms. The lowest BCUT2D eigenvalue weighted by atomic mass is 10.2. The summed E-state index contributed by atoms with van der Waals surface area (Å²) in [6.07, 6.45) is 0.626. The summed E-state index contributed by atoms with van der Waals surface area (Å²) in [4.78, 5) is 15.6. The van der Waals surface area contributed by atoms with E-state index in [9.17, 15) is 13.6 Å². The first kappa shape index (κ1) is 19.1. The largest absolute Gasteiger partial charge is 0.484 e. The van der Waals surface area contributed by atoms with Crippen LogP contribution in [-0.2, 0) is 11.4 Å². The van der Waals surface area contributed by atoms with Crippen molar-refractivity contribution in [1.29, 1.82) is 0 Å². The van der Waals surface area contributed by atoms with Crippen molar-refractivity contribution >= 4 is 11.6 Å². The highest BCUT2D eigenvalue weighted by Gasteiger charge is 2.31. The van der Waals surface area contributed by atoms with Crippen molar-refractivity contribution < 1.29 is 23.4 Å². The number of aliphatic hydroxyl groups excluding tert-OH is 1. The molecule has 1 heterocycles. The number of hydrogen-bond acceptors (Lipinski definition) is 4. The number of anilines is 1. The zero-order chi connectivity index (χ0) is 19.4. The molecule has 2 aromatic carbocycles. The van der Waals surface area contributed by atoms with Crippen LogP contribution in [0.5, 0.6) is 5.75 Å². The SMILES string of the molecule is CN(c1c(F)cccc1F)C1CCN(C(=O)COc2ccc(CO)cc2)C1. The second-order valence-electron chi connectivity index (χ2n) is 6.55. The number of ether oxygens (including phenoxy) is 1. The normalized spacial score (nSPS) is 16.4. The molecule has 2 aromatic rings. The lowest BCUT2D eigenvalue weighted by Crippen LogP contribution is -2.38. The van der Waals surface area contributed by atoms with Crippen LogP contribution in [0.15, 0.2) is 42.5 Å². The van der Waals surface area contributed by atoms with Gasteiger partial charge in [0.25, 0.3) is 5.91 Å². The fraction of sp³-hybridized carbons (Fsp3) is 0.350. The Morgan fingerprint density at radius 2 is 1.89 bits per heavy atom. The number of benzene rings is 2. The van der Waals surface area contributed by atoms with Crippen molar-refractivity contribution in [1.82, 2.24) is 4.90 Å². The minimum atomic E-state index is -0.614. The highest BCUT2D eigenvalue weighted by atomic mass is 19.1. The summed E-state index contributed by atoms with van der Waals surface area (Å²) in [5, 5.41) is 9.02. The van der Waals surface area contributed by atoms with Gasteiger partial charge >= 0.3 is 0 Å². The Hall–Kier alpha value is -2.67. The topological polar surface area (TPSA) is 53.0 Å². The molecule has 1 aliphatic heterocycles. The summed E-state index contributed by atoms with van der Waals surface area (Å²) in [5.74, 6) is -0.859.